The number of rotatable bonds is 0. The summed E-state index contributed by atoms with van der Waals surface area (Å²) < 4.78 is 0. The van der Waals surface area contributed by atoms with E-state index in [1.807, 2.05) is 0 Å². The zero-order valence-corrected chi connectivity index (χ0v) is 5.23. The van der Waals surface area contributed by atoms with E-state index < -0.39 is 0 Å². The van der Waals surface area contributed by atoms with Gasteiger partial charge in [0.25, 0.3) is 0 Å². The van der Waals surface area contributed by atoms with Gasteiger partial charge in [0.2, 0.25) is 0 Å². The SMILES string of the molecule is N=C1SCC(=O)/C1=N\O. The van der Waals surface area contributed by atoms with Gasteiger partial charge in [-0.1, -0.05) is 16.9 Å². The number of nitrogens with one attached hydrogen (secondary N) is 1. The zero-order chi connectivity index (χ0) is 6.85. The lowest BCUT2D eigenvalue weighted by atomic mass is 10.3. The van der Waals surface area contributed by atoms with Crippen LogP contribution in [0.25, 0.3) is 0 Å². The summed E-state index contributed by atoms with van der Waals surface area (Å²) in [6.45, 7) is 0. The second-order valence-corrected chi connectivity index (χ2v) is 2.48. The molecule has 1 fully saturated rings. The number of carbonyl (C=O) groups excluding carboxylic acids is 1. The number of ketones is 1. The van der Waals surface area contributed by atoms with Gasteiger partial charge >= 0.3 is 0 Å². The molecular weight excluding hydrogens is 140 g/mol. The maximum Gasteiger partial charge on any atom is 0.197 e. The van der Waals surface area contributed by atoms with Crippen molar-refractivity contribution in [3.8, 4) is 0 Å². The van der Waals surface area contributed by atoms with Gasteiger partial charge in [0, 0.05) is 0 Å². The molecule has 1 rings (SSSR count). The van der Waals surface area contributed by atoms with E-state index >= 15 is 0 Å². The molecule has 0 aromatic heterocycles. The van der Waals surface area contributed by atoms with E-state index in [9.17, 15) is 4.79 Å². The van der Waals surface area contributed by atoms with E-state index in [4.69, 9.17) is 10.6 Å². The summed E-state index contributed by atoms with van der Waals surface area (Å²) in [5.74, 6) is -0.0365. The number of nitrogens with zero attached hydrogens (tertiary/aromatic N) is 1. The molecular formula is C4H4N2O2S. The van der Waals surface area contributed by atoms with Crippen molar-refractivity contribution in [3.05, 3.63) is 0 Å². The molecule has 0 amide bonds. The lowest BCUT2D eigenvalue weighted by Gasteiger charge is -1.83. The molecule has 0 aromatic carbocycles. The fourth-order valence-corrected chi connectivity index (χ4v) is 1.21. The lowest BCUT2D eigenvalue weighted by Crippen LogP contribution is -2.12. The molecule has 0 aromatic rings. The lowest BCUT2D eigenvalue weighted by molar-refractivity contribution is -0.110. The Labute approximate surface area is 55.4 Å². The standard InChI is InChI=1S/C4H4N2O2S/c5-4-3(6-8)2(7)1-9-4/h5,8H,1H2/b5-4?,6-3+. The zero-order valence-electron chi connectivity index (χ0n) is 4.42. The van der Waals surface area contributed by atoms with Crippen molar-refractivity contribution in [1.82, 2.24) is 0 Å². The van der Waals surface area contributed by atoms with Crippen molar-refractivity contribution < 1.29 is 10.0 Å². The molecule has 0 bridgehead atoms. The molecule has 0 unspecified atom stereocenters. The van der Waals surface area contributed by atoms with E-state index in [-0.39, 0.29) is 22.3 Å². The molecule has 1 aliphatic rings. The van der Waals surface area contributed by atoms with Crippen molar-refractivity contribution in [3.63, 3.8) is 0 Å². The molecule has 2 N–H and O–H groups in total. The van der Waals surface area contributed by atoms with Crippen LogP contribution in [0.4, 0.5) is 0 Å². The van der Waals surface area contributed by atoms with Crippen LogP contribution in [-0.2, 0) is 4.79 Å². The van der Waals surface area contributed by atoms with Gasteiger partial charge in [-0.2, -0.15) is 0 Å². The number of hydrogen-bond donors (Lipinski definition) is 2. The number of carbonyl (C=O) groups is 1. The summed E-state index contributed by atoms with van der Waals surface area (Å²) in [5, 5.41) is 17.8. The van der Waals surface area contributed by atoms with Gasteiger partial charge in [0.05, 0.1) is 5.75 Å². The molecule has 0 aliphatic carbocycles. The Morgan fingerprint density at radius 2 is 2.44 bits per heavy atom. The van der Waals surface area contributed by atoms with Crippen molar-refractivity contribution in [1.29, 1.82) is 5.41 Å². The summed E-state index contributed by atoms with van der Waals surface area (Å²) in [4.78, 5) is 10.6. The number of hydrogen-bond acceptors (Lipinski definition) is 5. The average Bonchev–Trinajstić information content (AvgIpc) is 2.12. The Morgan fingerprint density at radius 1 is 1.78 bits per heavy atom. The first kappa shape index (κ1) is 6.28. The fourth-order valence-electron chi connectivity index (χ4n) is 0.502. The molecule has 4 nitrogen and oxygen atoms in total. The minimum Gasteiger partial charge on any atom is -0.410 e. The molecule has 0 atom stereocenters. The minimum absolute atomic E-state index is 0.0579. The first-order valence-corrected chi connectivity index (χ1v) is 3.21. The fraction of sp³-hybridized carbons (Fsp3) is 0.250. The topological polar surface area (TPSA) is 73.5 Å². The van der Waals surface area contributed by atoms with E-state index in [1.165, 1.54) is 0 Å². The molecule has 1 saturated heterocycles. The molecule has 5 heteroatoms. The first-order chi connectivity index (χ1) is 4.25. The number of oxime groups is 1. The summed E-state index contributed by atoms with van der Waals surface area (Å²) in [6.07, 6.45) is 0. The van der Waals surface area contributed by atoms with Crippen molar-refractivity contribution >= 4 is 28.3 Å². The van der Waals surface area contributed by atoms with Gasteiger partial charge in [-0.25, -0.2) is 0 Å². The molecule has 1 heterocycles. The highest BCUT2D eigenvalue weighted by Gasteiger charge is 2.25. The van der Waals surface area contributed by atoms with Crippen LogP contribution in [0.15, 0.2) is 5.16 Å². The number of thioether (sulfide) groups is 1. The number of Topliss-reactive ketones (excluding diaryl/α,β-unsaturated/α-hetero) is 1. The van der Waals surface area contributed by atoms with Crippen LogP contribution in [0.5, 0.6) is 0 Å². The second-order valence-electron chi connectivity index (χ2n) is 1.49. The Hall–Kier alpha value is -0.840. The largest absolute Gasteiger partial charge is 0.410 e. The molecule has 48 valence electrons. The van der Waals surface area contributed by atoms with Gasteiger partial charge in [-0.3, -0.25) is 10.2 Å². The van der Waals surface area contributed by atoms with Gasteiger partial charge in [-0.15, -0.1) is 0 Å². The Bertz CT molecular complexity index is 181. The van der Waals surface area contributed by atoms with Crippen LogP contribution in [0.3, 0.4) is 0 Å². The maximum absolute atomic E-state index is 10.6. The highest BCUT2D eigenvalue weighted by atomic mass is 32.2. The smallest absolute Gasteiger partial charge is 0.197 e. The Kier molecular flexibility index (Phi) is 1.52. The van der Waals surface area contributed by atoms with E-state index in [2.05, 4.69) is 5.16 Å². The quantitative estimate of drug-likeness (QED) is 0.374. The van der Waals surface area contributed by atoms with Crippen LogP contribution in [0.2, 0.25) is 0 Å². The van der Waals surface area contributed by atoms with Crippen molar-refractivity contribution in [2.75, 3.05) is 5.75 Å². The predicted octanol–water partition coefficient (Wildman–Crippen LogP) is 0.110. The summed E-state index contributed by atoms with van der Waals surface area (Å²) in [6, 6.07) is 0. The third-order valence-electron chi connectivity index (χ3n) is 0.927. The first-order valence-electron chi connectivity index (χ1n) is 2.22. The van der Waals surface area contributed by atoms with Gasteiger partial charge in [-0.05, 0) is 0 Å². The monoisotopic (exact) mass is 144 g/mol. The normalized spacial score (nSPS) is 23.8. The molecule has 0 spiro atoms. The third-order valence-corrected chi connectivity index (χ3v) is 1.82. The molecule has 9 heavy (non-hydrogen) atoms. The van der Waals surface area contributed by atoms with E-state index in [0.29, 0.717) is 0 Å². The highest BCUT2D eigenvalue weighted by Crippen LogP contribution is 2.13. The van der Waals surface area contributed by atoms with Crippen molar-refractivity contribution in [2.45, 2.75) is 0 Å². The van der Waals surface area contributed by atoms with Crippen LogP contribution in [0, 0.1) is 5.41 Å². The predicted molar refractivity (Wildman–Crippen MR) is 34.4 cm³/mol. The van der Waals surface area contributed by atoms with Crippen LogP contribution in [-0.4, -0.2) is 27.5 Å². The van der Waals surface area contributed by atoms with Gasteiger partial charge in [0.1, 0.15) is 5.04 Å². The second kappa shape index (κ2) is 2.18. The molecule has 1 aliphatic heterocycles. The van der Waals surface area contributed by atoms with Crippen molar-refractivity contribution in [2.24, 2.45) is 5.16 Å². The van der Waals surface area contributed by atoms with Crippen LogP contribution >= 0.6 is 11.8 Å². The highest BCUT2D eigenvalue weighted by molar-refractivity contribution is 8.17. The summed E-state index contributed by atoms with van der Waals surface area (Å²) in [5.41, 5.74) is -0.111. The van der Waals surface area contributed by atoms with Gasteiger partial charge in [0.15, 0.2) is 11.5 Å². The van der Waals surface area contributed by atoms with Crippen LogP contribution in [0.1, 0.15) is 0 Å². The van der Waals surface area contributed by atoms with Gasteiger partial charge < -0.3 is 5.21 Å². The van der Waals surface area contributed by atoms with E-state index in [0.717, 1.165) is 11.8 Å². The maximum atomic E-state index is 10.6. The minimum atomic E-state index is -0.271. The van der Waals surface area contributed by atoms with E-state index in [1.54, 1.807) is 0 Å². The molecule has 0 radical (unpaired) electrons. The molecule has 0 saturated carbocycles. The Morgan fingerprint density at radius 3 is 2.67 bits per heavy atom. The summed E-state index contributed by atoms with van der Waals surface area (Å²) in [7, 11) is 0. The average molecular weight is 144 g/mol. The Balaban J connectivity index is 2.91. The third kappa shape index (κ3) is 0.951. The summed E-state index contributed by atoms with van der Waals surface area (Å²) >= 11 is 1.08. The van der Waals surface area contributed by atoms with Crippen LogP contribution < -0.4 is 0 Å².